The first-order chi connectivity index (χ1) is 12.5. The fourth-order valence-electron chi connectivity index (χ4n) is 2.39. The molecular formula is C19H14F2N4S. The molecule has 130 valence electrons. The lowest BCUT2D eigenvalue weighted by Gasteiger charge is -2.09. The highest BCUT2D eigenvalue weighted by Crippen LogP contribution is 2.24. The molecule has 26 heavy (non-hydrogen) atoms. The molecule has 2 N–H and O–H groups in total. The van der Waals surface area contributed by atoms with Gasteiger partial charge in [-0.3, -0.25) is 0 Å². The summed E-state index contributed by atoms with van der Waals surface area (Å²) in [7, 11) is 0. The summed E-state index contributed by atoms with van der Waals surface area (Å²) in [5.74, 6) is -0.0662. The van der Waals surface area contributed by atoms with E-state index in [9.17, 15) is 14.0 Å². The van der Waals surface area contributed by atoms with Crippen molar-refractivity contribution in [2.75, 3.05) is 5.73 Å². The number of nitriles is 1. The number of anilines is 1. The molecule has 4 nitrogen and oxygen atoms in total. The second kappa shape index (κ2) is 7.93. The fraction of sp³-hybridized carbons (Fsp3) is 0.105. The van der Waals surface area contributed by atoms with E-state index in [1.807, 2.05) is 12.1 Å². The van der Waals surface area contributed by atoms with Gasteiger partial charge in [-0.25, -0.2) is 18.7 Å². The second-order valence-electron chi connectivity index (χ2n) is 5.55. The highest BCUT2D eigenvalue weighted by atomic mass is 32.2. The average molecular weight is 368 g/mol. The molecule has 3 aromatic rings. The zero-order valence-electron chi connectivity index (χ0n) is 13.6. The van der Waals surface area contributed by atoms with Crippen molar-refractivity contribution in [2.24, 2.45) is 0 Å². The molecule has 1 heterocycles. The predicted molar refractivity (Wildman–Crippen MR) is 96.3 cm³/mol. The molecule has 0 atom stereocenters. The molecule has 0 aliphatic carbocycles. The number of nitrogen functional groups attached to an aromatic ring is 1. The third kappa shape index (κ3) is 4.35. The Balaban J connectivity index is 1.84. The molecule has 0 amide bonds. The van der Waals surface area contributed by atoms with Crippen LogP contribution in [0.15, 0.2) is 53.7 Å². The minimum Gasteiger partial charge on any atom is -0.382 e. The van der Waals surface area contributed by atoms with Crippen LogP contribution >= 0.6 is 11.8 Å². The molecule has 2 aromatic carbocycles. The van der Waals surface area contributed by atoms with Crippen LogP contribution in [0.25, 0.3) is 0 Å². The molecular weight excluding hydrogens is 354 g/mol. The Morgan fingerprint density at radius 1 is 1.00 bits per heavy atom. The van der Waals surface area contributed by atoms with Crippen LogP contribution in [0.5, 0.6) is 0 Å². The van der Waals surface area contributed by atoms with Gasteiger partial charge in [0.15, 0.2) is 5.16 Å². The van der Waals surface area contributed by atoms with Crippen LogP contribution in [0.1, 0.15) is 22.4 Å². The normalized spacial score (nSPS) is 10.5. The Labute approximate surface area is 153 Å². The van der Waals surface area contributed by atoms with Crippen LogP contribution in [-0.2, 0) is 12.2 Å². The molecule has 0 saturated carbocycles. The molecule has 0 saturated heterocycles. The van der Waals surface area contributed by atoms with E-state index in [0.717, 1.165) is 11.1 Å². The summed E-state index contributed by atoms with van der Waals surface area (Å²) in [4.78, 5) is 8.57. The van der Waals surface area contributed by atoms with Crippen molar-refractivity contribution in [1.29, 1.82) is 5.26 Å². The molecule has 0 spiro atoms. The van der Waals surface area contributed by atoms with Crippen molar-refractivity contribution >= 4 is 17.6 Å². The second-order valence-corrected chi connectivity index (χ2v) is 6.49. The maximum atomic E-state index is 13.3. The van der Waals surface area contributed by atoms with Crippen molar-refractivity contribution in [3.05, 3.63) is 82.5 Å². The van der Waals surface area contributed by atoms with Gasteiger partial charge in [-0.1, -0.05) is 36.0 Å². The van der Waals surface area contributed by atoms with Gasteiger partial charge in [-0.15, -0.1) is 0 Å². The van der Waals surface area contributed by atoms with Crippen LogP contribution in [0.4, 0.5) is 14.6 Å². The summed E-state index contributed by atoms with van der Waals surface area (Å²) in [6, 6.07) is 14.3. The fourth-order valence-corrected chi connectivity index (χ4v) is 3.20. The van der Waals surface area contributed by atoms with Crippen molar-refractivity contribution in [1.82, 2.24) is 9.97 Å². The van der Waals surface area contributed by atoms with Crippen LogP contribution in [0, 0.1) is 23.0 Å². The summed E-state index contributed by atoms with van der Waals surface area (Å²) in [5.41, 5.74) is 8.19. The first kappa shape index (κ1) is 17.8. The standard InChI is InChI=1S/C19H14F2N4S/c20-14-6-4-12(5-7-14)9-17-16(10-22)18(23)25-19(24-17)26-11-13-2-1-3-15(21)8-13/h1-8H,9,11H2,(H2,23,24,25). The Kier molecular flexibility index (Phi) is 5.44. The van der Waals surface area contributed by atoms with E-state index in [0.29, 0.717) is 23.0 Å². The van der Waals surface area contributed by atoms with Crippen LogP contribution in [0.3, 0.4) is 0 Å². The quantitative estimate of drug-likeness (QED) is 0.542. The van der Waals surface area contributed by atoms with Gasteiger partial charge in [0.2, 0.25) is 0 Å². The van der Waals surface area contributed by atoms with E-state index >= 15 is 0 Å². The molecule has 0 unspecified atom stereocenters. The maximum absolute atomic E-state index is 13.3. The van der Waals surface area contributed by atoms with Gasteiger partial charge < -0.3 is 5.73 Å². The molecule has 3 rings (SSSR count). The van der Waals surface area contributed by atoms with E-state index in [2.05, 4.69) is 9.97 Å². The first-order valence-corrected chi connectivity index (χ1v) is 8.72. The lowest BCUT2D eigenvalue weighted by atomic mass is 10.1. The van der Waals surface area contributed by atoms with Crippen molar-refractivity contribution in [3.63, 3.8) is 0 Å². The van der Waals surface area contributed by atoms with Gasteiger partial charge in [0.05, 0.1) is 5.69 Å². The van der Waals surface area contributed by atoms with Gasteiger partial charge in [0.1, 0.15) is 29.1 Å². The molecule has 0 fully saturated rings. The Morgan fingerprint density at radius 3 is 2.46 bits per heavy atom. The smallest absolute Gasteiger partial charge is 0.190 e. The number of aromatic nitrogens is 2. The largest absolute Gasteiger partial charge is 0.382 e. The molecule has 7 heteroatoms. The number of nitrogens with zero attached hydrogens (tertiary/aromatic N) is 3. The maximum Gasteiger partial charge on any atom is 0.190 e. The highest BCUT2D eigenvalue weighted by Gasteiger charge is 2.13. The lowest BCUT2D eigenvalue weighted by molar-refractivity contribution is 0.626. The van der Waals surface area contributed by atoms with Crippen molar-refractivity contribution in [2.45, 2.75) is 17.3 Å². The minimum atomic E-state index is -0.331. The monoisotopic (exact) mass is 368 g/mol. The van der Waals surface area contributed by atoms with Gasteiger partial charge >= 0.3 is 0 Å². The summed E-state index contributed by atoms with van der Waals surface area (Å²) in [6.45, 7) is 0. The molecule has 1 aromatic heterocycles. The van der Waals surface area contributed by atoms with Gasteiger partial charge in [0, 0.05) is 12.2 Å². The Morgan fingerprint density at radius 2 is 1.77 bits per heavy atom. The SMILES string of the molecule is N#Cc1c(N)nc(SCc2cccc(F)c2)nc1Cc1ccc(F)cc1. The predicted octanol–water partition coefficient (Wildman–Crippen LogP) is 4.09. The van der Waals surface area contributed by atoms with E-state index in [4.69, 9.17) is 5.73 Å². The van der Waals surface area contributed by atoms with E-state index in [1.54, 1.807) is 18.2 Å². The number of benzene rings is 2. The first-order valence-electron chi connectivity index (χ1n) is 7.73. The third-order valence-corrected chi connectivity index (χ3v) is 4.56. The number of thioether (sulfide) groups is 1. The number of hydrogen-bond acceptors (Lipinski definition) is 5. The lowest BCUT2D eigenvalue weighted by Crippen LogP contribution is -2.06. The number of nitrogens with two attached hydrogens (primary N) is 1. The third-order valence-electron chi connectivity index (χ3n) is 3.65. The summed E-state index contributed by atoms with van der Waals surface area (Å²) < 4.78 is 26.3. The zero-order valence-corrected chi connectivity index (χ0v) is 14.4. The topological polar surface area (TPSA) is 75.6 Å². The minimum absolute atomic E-state index is 0.0985. The van der Waals surface area contributed by atoms with E-state index < -0.39 is 0 Å². The zero-order chi connectivity index (χ0) is 18.5. The number of rotatable bonds is 5. The number of halogens is 2. The van der Waals surface area contributed by atoms with Crippen molar-refractivity contribution < 1.29 is 8.78 Å². The molecule has 0 aliphatic rings. The Bertz CT molecular complexity index is 968. The number of hydrogen-bond donors (Lipinski definition) is 1. The summed E-state index contributed by atoms with van der Waals surface area (Å²) in [6.07, 6.45) is 0.337. The molecule has 0 bridgehead atoms. The van der Waals surface area contributed by atoms with Gasteiger partial charge in [0.25, 0.3) is 0 Å². The Hall–Kier alpha value is -2.98. The van der Waals surface area contributed by atoms with Gasteiger partial charge in [-0.2, -0.15) is 5.26 Å². The van der Waals surface area contributed by atoms with Gasteiger partial charge in [-0.05, 0) is 35.4 Å². The van der Waals surface area contributed by atoms with E-state index in [-0.39, 0.29) is 23.0 Å². The highest BCUT2D eigenvalue weighted by molar-refractivity contribution is 7.98. The van der Waals surface area contributed by atoms with Crippen LogP contribution < -0.4 is 5.73 Å². The summed E-state index contributed by atoms with van der Waals surface area (Å²) >= 11 is 1.30. The van der Waals surface area contributed by atoms with Crippen molar-refractivity contribution in [3.8, 4) is 6.07 Å². The average Bonchev–Trinajstić information content (AvgIpc) is 2.62. The van der Waals surface area contributed by atoms with Crippen LogP contribution in [0.2, 0.25) is 0 Å². The van der Waals surface area contributed by atoms with E-state index in [1.165, 1.54) is 36.0 Å². The van der Waals surface area contributed by atoms with Crippen LogP contribution in [-0.4, -0.2) is 9.97 Å². The summed E-state index contributed by atoms with van der Waals surface area (Å²) in [5, 5.41) is 9.74. The molecule has 0 aliphatic heterocycles. The molecule has 0 radical (unpaired) electrons.